The Morgan fingerprint density at radius 3 is 2.52 bits per heavy atom. The lowest BCUT2D eigenvalue weighted by atomic mass is 9.96. The smallest absolute Gasteiger partial charge is 0.267 e. The minimum Gasteiger partial charge on any atom is -0.369 e. The van der Waals surface area contributed by atoms with Crippen LogP contribution < -0.4 is 5.32 Å². The highest BCUT2D eigenvalue weighted by atomic mass is 19.3. The Morgan fingerprint density at radius 2 is 1.77 bits per heavy atom. The first-order valence-electron chi connectivity index (χ1n) is 9.64. The van der Waals surface area contributed by atoms with Crippen LogP contribution >= 0.6 is 0 Å². The summed E-state index contributed by atoms with van der Waals surface area (Å²) in [5.41, 5.74) is 1.94. The molecule has 0 aliphatic carbocycles. The molecular weight excluding hydrogens is 405 g/mol. The van der Waals surface area contributed by atoms with Crippen LogP contribution in [0.25, 0.3) is 22.2 Å². The molecule has 3 aromatic heterocycles. The van der Waals surface area contributed by atoms with Crippen molar-refractivity contribution < 1.29 is 13.2 Å². The molecule has 3 heterocycles. The Morgan fingerprint density at radius 1 is 1.00 bits per heavy atom. The van der Waals surface area contributed by atoms with Crippen molar-refractivity contribution in [3.05, 3.63) is 72.0 Å². The van der Waals surface area contributed by atoms with Crippen molar-refractivity contribution in [3.63, 3.8) is 0 Å². The number of aromatic nitrogens is 5. The molecule has 0 aliphatic heterocycles. The minimum absolute atomic E-state index is 0.103. The molecule has 4 aromatic rings. The summed E-state index contributed by atoms with van der Waals surface area (Å²) in [5.74, 6) is 0.167. The van der Waals surface area contributed by atoms with Gasteiger partial charge in [0.15, 0.2) is 5.82 Å². The van der Waals surface area contributed by atoms with Gasteiger partial charge >= 0.3 is 0 Å². The molecule has 0 radical (unpaired) electrons. The molecule has 0 bridgehead atoms. The average Bonchev–Trinajstić information content (AvgIpc) is 2.77. The number of pyridine rings is 1. The third kappa shape index (κ3) is 4.30. The molecular formula is C22H19F3N6. The molecule has 0 spiro atoms. The molecule has 1 aromatic carbocycles. The first kappa shape index (κ1) is 20.6. The fraction of sp³-hybridized carbons (Fsp3) is 0.227. The summed E-state index contributed by atoms with van der Waals surface area (Å²) >= 11 is 0. The normalized spacial score (nSPS) is 12.3. The summed E-state index contributed by atoms with van der Waals surface area (Å²) in [4.78, 5) is 20.9. The molecule has 158 valence electrons. The van der Waals surface area contributed by atoms with E-state index in [4.69, 9.17) is 0 Å². The Balaban J connectivity index is 1.56. The third-order valence-corrected chi connectivity index (χ3v) is 5.00. The quantitative estimate of drug-likeness (QED) is 0.465. The van der Waals surface area contributed by atoms with Gasteiger partial charge < -0.3 is 5.32 Å². The maximum atomic E-state index is 13.9. The second-order valence-corrected chi connectivity index (χ2v) is 7.15. The molecule has 1 N–H and O–H groups in total. The van der Waals surface area contributed by atoms with Crippen molar-refractivity contribution in [1.29, 1.82) is 0 Å². The zero-order valence-corrected chi connectivity index (χ0v) is 16.9. The minimum atomic E-state index is -2.92. The highest BCUT2D eigenvalue weighted by Crippen LogP contribution is 2.32. The molecule has 9 heteroatoms. The van der Waals surface area contributed by atoms with Crippen LogP contribution in [-0.4, -0.2) is 31.5 Å². The summed E-state index contributed by atoms with van der Waals surface area (Å²) in [6.45, 7) is 4.20. The maximum absolute atomic E-state index is 13.9. The molecule has 0 amide bonds. The van der Waals surface area contributed by atoms with Crippen LogP contribution in [0.3, 0.4) is 0 Å². The molecule has 0 aliphatic rings. The van der Waals surface area contributed by atoms with E-state index in [1.54, 1.807) is 31.5 Å². The summed E-state index contributed by atoms with van der Waals surface area (Å²) in [6.07, 6.45) is 2.77. The first-order valence-corrected chi connectivity index (χ1v) is 9.64. The van der Waals surface area contributed by atoms with Crippen LogP contribution in [0, 0.1) is 12.7 Å². The molecule has 4 rings (SSSR count). The van der Waals surface area contributed by atoms with Gasteiger partial charge in [-0.1, -0.05) is 25.1 Å². The predicted molar refractivity (Wildman–Crippen MR) is 111 cm³/mol. The lowest BCUT2D eigenvalue weighted by Gasteiger charge is -2.17. The van der Waals surface area contributed by atoms with E-state index in [0.717, 1.165) is 17.3 Å². The highest BCUT2D eigenvalue weighted by molar-refractivity contribution is 5.85. The Kier molecular flexibility index (Phi) is 5.75. The molecule has 0 saturated heterocycles. The van der Waals surface area contributed by atoms with E-state index in [2.05, 4.69) is 30.2 Å². The number of aryl methyl sites for hydroxylation is 1. The number of rotatable bonds is 6. The van der Waals surface area contributed by atoms with Crippen molar-refractivity contribution >= 4 is 16.7 Å². The number of nitrogens with one attached hydrogen (secondary N) is 1. The molecule has 0 fully saturated rings. The molecule has 0 saturated carbocycles. The number of fused-ring (bicyclic) bond motifs is 1. The predicted octanol–water partition coefficient (Wildman–Crippen LogP) is 5.08. The Hall–Kier alpha value is -3.62. The van der Waals surface area contributed by atoms with E-state index >= 15 is 0 Å². The summed E-state index contributed by atoms with van der Waals surface area (Å²) in [6, 6.07) is 6.70. The number of halogens is 3. The fourth-order valence-electron chi connectivity index (χ4n) is 3.37. The summed E-state index contributed by atoms with van der Waals surface area (Å²) < 4.78 is 40.6. The SMILES string of the molecule is Cc1ncc(-c2cc(NC[C@@H](C)c3cccc4c(C(F)F)c(F)cnc34)ncn2)cn1. The first-order chi connectivity index (χ1) is 14.9. The second-order valence-electron chi connectivity index (χ2n) is 7.15. The van der Waals surface area contributed by atoms with Crippen molar-refractivity contribution in [2.75, 3.05) is 11.9 Å². The van der Waals surface area contributed by atoms with Gasteiger partial charge in [0.25, 0.3) is 6.43 Å². The van der Waals surface area contributed by atoms with Crippen molar-refractivity contribution in [1.82, 2.24) is 24.9 Å². The van der Waals surface area contributed by atoms with Gasteiger partial charge in [-0.15, -0.1) is 0 Å². The topological polar surface area (TPSA) is 76.5 Å². The maximum Gasteiger partial charge on any atom is 0.267 e. The Labute approximate surface area is 176 Å². The van der Waals surface area contributed by atoms with Gasteiger partial charge in [0, 0.05) is 41.9 Å². The number of benzene rings is 1. The Bertz CT molecular complexity index is 1210. The number of hydrogen-bond donors (Lipinski definition) is 1. The highest BCUT2D eigenvalue weighted by Gasteiger charge is 2.20. The van der Waals surface area contributed by atoms with Crippen molar-refractivity contribution in [3.8, 4) is 11.3 Å². The summed E-state index contributed by atoms with van der Waals surface area (Å²) in [7, 11) is 0. The zero-order valence-electron chi connectivity index (χ0n) is 16.9. The third-order valence-electron chi connectivity index (χ3n) is 5.00. The van der Waals surface area contributed by atoms with E-state index in [-0.39, 0.29) is 11.3 Å². The van der Waals surface area contributed by atoms with Crippen LogP contribution in [0.2, 0.25) is 0 Å². The summed E-state index contributed by atoms with van der Waals surface area (Å²) in [5, 5.41) is 3.36. The van der Waals surface area contributed by atoms with Gasteiger partial charge in [0.05, 0.1) is 23.0 Å². The standard InChI is InChI=1S/C22H19F3N6/c1-12(15-4-3-5-16-20(22(24)25)17(23)10-29-21(15)16)7-28-19-6-18(30-11-31-19)14-8-26-13(2)27-9-14/h3-6,8-12,22H,7H2,1-2H3,(H,28,30,31)/t12-/m1/s1. The number of hydrogen-bond acceptors (Lipinski definition) is 6. The lowest BCUT2D eigenvalue weighted by molar-refractivity contribution is 0.148. The average molecular weight is 424 g/mol. The van der Waals surface area contributed by atoms with Gasteiger partial charge in [0.2, 0.25) is 0 Å². The molecule has 1 atom stereocenters. The molecule has 6 nitrogen and oxygen atoms in total. The van der Waals surface area contributed by atoms with Gasteiger partial charge in [-0.05, 0) is 12.5 Å². The van der Waals surface area contributed by atoms with Crippen LogP contribution in [-0.2, 0) is 0 Å². The van der Waals surface area contributed by atoms with Gasteiger partial charge in [-0.2, -0.15) is 0 Å². The van der Waals surface area contributed by atoms with E-state index in [0.29, 0.717) is 29.4 Å². The number of nitrogens with zero attached hydrogens (tertiary/aromatic N) is 5. The molecule has 31 heavy (non-hydrogen) atoms. The largest absolute Gasteiger partial charge is 0.369 e. The van der Waals surface area contributed by atoms with Crippen LogP contribution in [0.1, 0.15) is 36.2 Å². The van der Waals surface area contributed by atoms with E-state index < -0.39 is 17.8 Å². The lowest BCUT2D eigenvalue weighted by Crippen LogP contribution is -2.12. The van der Waals surface area contributed by atoms with Crippen molar-refractivity contribution in [2.45, 2.75) is 26.2 Å². The van der Waals surface area contributed by atoms with Gasteiger partial charge in [0.1, 0.15) is 18.0 Å². The number of anilines is 1. The van der Waals surface area contributed by atoms with E-state index in [9.17, 15) is 13.2 Å². The fourth-order valence-corrected chi connectivity index (χ4v) is 3.37. The van der Waals surface area contributed by atoms with Gasteiger partial charge in [-0.25, -0.2) is 33.1 Å². The zero-order chi connectivity index (χ0) is 22.0. The van der Waals surface area contributed by atoms with Crippen LogP contribution in [0.4, 0.5) is 19.0 Å². The second kappa shape index (κ2) is 8.63. The molecule has 0 unspecified atom stereocenters. The van der Waals surface area contributed by atoms with Crippen LogP contribution in [0.5, 0.6) is 0 Å². The van der Waals surface area contributed by atoms with Gasteiger partial charge in [-0.3, -0.25) is 4.98 Å². The van der Waals surface area contributed by atoms with Crippen LogP contribution in [0.15, 0.2) is 49.2 Å². The monoisotopic (exact) mass is 424 g/mol. The van der Waals surface area contributed by atoms with E-state index in [1.807, 2.05) is 13.0 Å². The number of para-hydroxylation sites is 1. The number of alkyl halides is 2. The van der Waals surface area contributed by atoms with Crippen molar-refractivity contribution in [2.24, 2.45) is 0 Å². The van der Waals surface area contributed by atoms with E-state index in [1.165, 1.54) is 12.4 Å².